The Morgan fingerprint density at radius 1 is 0.759 bits per heavy atom. The molecule has 0 spiro atoms. The van der Waals surface area contributed by atoms with E-state index in [9.17, 15) is 16.8 Å². The number of rotatable bonds is 12. The van der Waals surface area contributed by atoms with Crippen molar-refractivity contribution in [1.82, 2.24) is 4.90 Å². The Balaban J connectivity index is 2.23. The molecule has 0 N–H and O–H groups in total. The second-order valence-electron chi connectivity index (χ2n) is 6.83. The summed E-state index contributed by atoms with van der Waals surface area (Å²) in [4.78, 5) is 2.07. The van der Waals surface area contributed by atoms with Crippen LogP contribution in [0.4, 0.5) is 0 Å². The molecule has 9 heteroatoms. The first-order chi connectivity index (χ1) is 13.6. The van der Waals surface area contributed by atoms with Crippen LogP contribution in [0.1, 0.15) is 17.5 Å². The highest BCUT2D eigenvalue weighted by Crippen LogP contribution is 2.17. The summed E-state index contributed by atoms with van der Waals surface area (Å²) in [5, 5.41) is 0. The van der Waals surface area contributed by atoms with Crippen molar-refractivity contribution in [3.63, 3.8) is 0 Å². The first kappa shape index (κ1) is 23.5. The molecule has 160 valence electrons. The highest BCUT2D eigenvalue weighted by molar-refractivity contribution is 7.86. The van der Waals surface area contributed by atoms with Crippen LogP contribution in [-0.2, 0) is 41.7 Å². The lowest BCUT2D eigenvalue weighted by Crippen LogP contribution is -2.39. The summed E-state index contributed by atoms with van der Waals surface area (Å²) >= 11 is 0. The average molecular weight is 442 g/mol. The Labute approximate surface area is 173 Å². The van der Waals surface area contributed by atoms with Gasteiger partial charge in [0, 0.05) is 19.1 Å². The second kappa shape index (κ2) is 10.8. The minimum Gasteiger partial charge on any atom is -0.289 e. The minimum absolute atomic E-state index is 0.0588. The maximum Gasteiger partial charge on any atom is 0.264 e. The topological polar surface area (TPSA) is 90.0 Å². The average Bonchev–Trinajstić information content (AvgIpc) is 2.64. The van der Waals surface area contributed by atoms with Crippen molar-refractivity contribution >= 4 is 20.2 Å². The van der Waals surface area contributed by atoms with E-state index in [1.807, 2.05) is 60.7 Å². The summed E-state index contributed by atoms with van der Waals surface area (Å²) in [5.74, 6) is 0. The predicted molar refractivity (Wildman–Crippen MR) is 112 cm³/mol. The molecule has 0 aliphatic rings. The van der Waals surface area contributed by atoms with Gasteiger partial charge in [0.05, 0.1) is 25.7 Å². The van der Waals surface area contributed by atoms with E-state index < -0.39 is 20.2 Å². The van der Waals surface area contributed by atoms with Crippen molar-refractivity contribution in [2.45, 2.75) is 25.6 Å². The van der Waals surface area contributed by atoms with E-state index in [4.69, 9.17) is 8.37 Å². The third kappa shape index (κ3) is 10.00. The van der Waals surface area contributed by atoms with Gasteiger partial charge in [0.2, 0.25) is 0 Å². The molecule has 0 fully saturated rings. The Bertz CT molecular complexity index is 905. The third-order valence-electron chi connectivity index (χ3n) is 4.20. The van der Waals surface area contributed by atoms with Crippen LogP contribution in [-0.4, -0.2) is 53.5 Å². The van der Waals surface area contributed by atoms with Gasteiger partial charge in [-0.05, 0) is 17.5 Å². The number of hydrogen-bond donors (Lipinski definition) is 0. The molecule has 29 heavy (non-hydrogen) atoms. The summed E-state index contributed by atoms with van der Waals surface area (Å²) in [5.41, 5.74) is 2.11. The molecule has 0 amide bonds. The first-order valence-corrected chi connectivity index (χ1v) is 12.8. The normalized spacial score (nSPS) is 13.5. The van der Waals surface area contributed by atoms with Crippen molar-refractivity contribution in [2.75, 3.05) is 25.7 Å². The molecular weight excluding hydrogens is 414 g/mol. The maximum absolute atomic E-state index is 11.5. The smallest absolute Gasteiger partial charge is 0.264 e. The van der Waals surface area contributed by atoms with Crippen molar-refractivity contribution in [1.29, 1.82) is 0 Å². The molecule has 2 aromatic carbocycles. The van der Waals surface area contributed by atoms with E-state index in [0.717, 1.165) is 23.6 Å². The fraction of sp³-hybridized carbons (Fsp3) is 0.400. The van der Waals surface area contributed by atoms with Gasteiger partial charge in [-0.3, -0.25) is 13.3 Å². The Kier molecular flexibility index (Phi) is 8.79. The molecule has 0 aliphatic heterocycles. The molecule has 0 radical (unpaired) electrons. The van der Waals surface area contributed by atoms with Crippen LogP contribution in [0.2, 0.25) is 0 Å². The van der Waals surface area contributed by atoms with Crippen LogP contribution in [0.3, 0.4) is 0 Å². The van der Waals surface area contributed by atoms with Crippen LogP contribution in [0.5, 0.6) is 0 Å². The lowest BCUT2D eigenvalue weighted by atomic mass is 10.1. The molecule has 0 saturated carbocycles. The zero-order valence-electron chi connectivity index (χ0n) is 16.6. The van der Waals surface area contributed by atoms with Crippen LogP contribution < -0.4 is 0 Å². The van der Waals surface area contributed by atoms with Crippen LogP contribution >= 0.6 is 0 Å². The van der Waals surface area contributed by atoms with Gasteiger partial charge in [0.1, 0.15) is 0 Å². The van der Waals surface area contributed by atoms with Gasteiger partial charge in [-0.1, -0.05) is 60.7 Å². The Hall–Kier alpha value is -1.78. The van der Waals surface area contributed by atoms with Gasteiger partial charge in [0.15, 0.2) is 0 Å². The molecule has 0 aromatic heterocycles. The van der Waals surface area contributed by atoms with E-state index >= 15 is 0 Å². The van der Waals surface area contributed by atoms with Crippen molar-refractivity contribution in [3.8, 4) is 0 Å². The third-order valence-corrected chi connectivity index (χ3v) is 5.36. The fourth-order valence-corrected chi connectivity index (χ4v) is 3.66. The Morgan fingerprint density at radius 2 is 1.21 bits per heavy atom. The van der Waals surface area contributed by atoms with Gasteiger partial charge in [-0.2, -0.15) is 16.8 Å². The monoisotopic (exact) mass is 441 g/mol. The van der Waals surface area contributed by atoms with E-state index in [0.29, 0.717) is 19.5 Å². The lowest BCUT2D eigenvalue weighted by molar-refractivity contribution is 0.104. The second-order valence-corrected chi connectivity index (χ2v) is 10.1. The molecule has 0 heterocycles. The Morgan fingerprint density at radius 3 is 1.62 bits per heavy atom. The summed E-state index contributed by atoms with van der Waals surface area (Å²) in [6.07, 6.45) is 2.28. The highest BCUT2D eigenvalue weighted by atomic mass is 32.2. The quantitative estimate of drug-likeness (QED) is 0.467. The summed E-state index contributed by atoms with van der Waals surface area (Å²) in [6.45, 7) is 0.946. The standard InChI is InChI=1S/C20H27NO6S2/c1-28(22,23)26-14-13-20(17-27-29(2,24)25)21(15-18-9-5-3-6-10-18)16-19-11-7-4-8-12-19/h3-12,20H,13-17H2,1-2H3/t20-/m0/s1. The molecule has 0 saturated heterocycles. The van der Waals surface area contributed by atoms with Crippen molar-refractivity contribution < 1.29 is 25.2 Å². The first-order valence-electron chi connectivity index (χ1n) is 9.13. The largest absolute Gasteiger partial charge is 0.289 e. The maximum atomic E-state index is 11.5. The zero-order valence-corrected chi connectivity index (χ0v) is 18.2. The minimum atomic E-state index is -3.64. The van der Waals surface area contributed by atoms with Gasteiger partial charge in [-0.15, -0.1) is 0 Å². The van der Waals surface area contributed by atoms with E-state index in [1.54, 1.807) is 0 Å². The van der Waals surface area contributed by atoms with Gasteiger partial charge in [0.25, 0.3) is 20.2 Å². The van der Waals surface area contributed by atoms with Gasteiger partial charge in [-0.25, -0.2) is 0 Å². The van der Waals surface area contributed by atoms with Gasteiger partial charge < -0.3 is 0 Å². The predicted octanol–water partition coefficient (Wildman–Crippen LogP) is 2.40. The van der Waals surface area contributed by atoms with Gasteiger partial charge >= 0.3 is 0 Å². The molecule has 0 bridgehead atoms. The summed E-state index contributed by atoms with van der Waals surface area (Å²) < 4.78 is 55.7. The molecule has 1 atom stereocenters. The summed E-state index contributed by atoms with van der Waals surface area (Å²) in [7, 11) is -7.22. The lowest BCUT2D eigenvalue weighted by Gasteiger charge is -2.31. The molecule has 2 rings (SSSR count). The number of benzene rings is 2. The molecule has 7 nitrogen and oxygen atoms in total. The van der Waals surface area contributed by atoms with Crippen LogP contribution in [0.25, 0.3) is 0 Å². The highest BCUT2D eigenvalue weighted by Gasteiger charge is 2.22. The van der Waals surface area contributed by atoms with Crippen LogP contribution in [0, 0.1) is 0 Å². The van der Waals surface area contributed by atoms with E-state index in [1.165, 1.54) is 0 Å². The fourth-order valence-electron chi connectivity index (χ4n) is 2.86. The van der Waals surface area contributed by atoms with Crippen LogP contribution in [0.15, 0.2) is 60.7 Å². The van der Waals surface area contributed by atoms with E-state index in [-0.39, 0.29) is 19.3 Å². The number of nitrogens with zero attached hydrogens (tertiary/aromatic N) is 1. The molecule has 0 aliphatic carbocycles. The zero-order chi connectivity index (χ0) is 21.3. The molecular formula is C20H27NO6S2. The number of hydrogen-bond acceptors (Lipinski definition) is 7. The van der Waals surface area contributed by atoms with Crippen molar-refractivity contribution in [3.05, 3.63) is 71.8 Å². The molecule has 2 aromatic rings. The van der Waals surface area contributed by atoms with E-state index in [2.05, 4.69) is 4.90 Å². The SMILES string of the molecule is CS(=O)(=O)OCC[C@@H](COS(C)(=O)=O)N(Cc1ccccc1)Cc1ccccc1. The summed E-state index contributed by atoms with van der Waals surface area (Å²) in [6, 6.07) is 19.2. The van der Waals surface area contributed by atoms with Crippen molar-refractivity contribution in [2.24, 2.45) is 0 Å². The molecule has 0 unspecified atom stereocenters.